The minimum absolute atomic E-state index is 0.0842. The Bertz CT molecular complexity index is 435. The topological polar surface area (TPSA) is 59.0 Å². The van der Waals surface area contributed by atoms with E-state index in [4.69, 9.17) is 4.74 Å². The van der Waals surface area contributed by atoms with Crippen LogP contribution >= 0.6 is 0 Å². The number of nitrogens with zero attached hydrogens (tertiary/aromatic N) is 2. The Labute approximate surface area is 159 Å². The highest BCUT2D eigenvalue weighted by molar-refractivity contribution is 5.99. The molecule has 0 radical (unpaired) electrons. The Hall–Kier alpha value is -1.39. The van der Waals surface area contributed by atoms with Crippen LogP contribution in [0.2, 0.25) is 0 Å². The van der Waals surface area contributed by atoms with Crippen molar-refractivity contribution in [3.8, 4) is 0 Å². The molecule has 0 spiro atoms. The van der Waals surface area contributed by atoms with E-state index in [-0.39, 0.29) is 11.9 Å². The molecule has 1 amide bonds. The van der Waals surface area contributed by atoms with Gasteiger partial charge in [0.05, 0.1) is 13.0 Å². The van der Waals surface area contributed by atoms with Crippen molar-refractivity contribution in [3.63, 3.8) is 0 Å². The third kappa shape index (κ3) is 11.3. The van der Waals surface area contributed by atoms with Gasteiger partial charge in [0.25, 0.3) is 0 Å². The number of esters is 1. The summed E-state index contributed by atoms with van der Waals surface area (Å²) in [6.07, 6.45) is 12.9. The van der Waals surface area contributed by atoms with Gasteiger partial charge in [0, 0.05) is 25.2 Å². The molecule has 0 aliphatic carbocycles. The van der Waals surface area contributed by atoms with Crippen LogP contribution in [0.3, 0.4) is 0 Å². The molecule has 1 aliphatic heterocycles. The SMILES string of the molecule is CCCCCCCCCCCC(=O)OCCN1CCCN=C(C)CC1=O. The summed E-state index contributed by atoms with van der Waals surface area (Å²) in [4.78, 5) is 30.0. The van der Waals surface area contributed by atoms with Gasteiger partial charge < -0.3 is 9.64 Å². The molecular formula is C21H38N2O3. The van der Waals surface area contributed by atoms with E-state index in [1.54, 1.807) is 4.90 Å². The number of aliphatic imine (C=N–C) groups is 1. The number of rotatable bonds is 13. The van der Waals surface area contributed by atoms with Crippen molar-refractivity contribution in [2.75, 3.05) is 26.2 Å². The first kappa shape index (κ1) is 22.7. The molecule has 0 aromatic rings. The molecular weight excluding hydrogens is 328 g/mol. The Morgan fingerprint density at radius 1 is 1.08 bits per heavy atom. The molecule has 0 saturated heterocycles. The average Bonchev–Trinajstić information content (AvgIpc) is 2.61. The first-order valence-corrected chi connectivity index (χ1v) is 10.6. The van der Waals surface area contributed by atoms with Crippen LogP contribution in [0.1, 0.15) is 90.9 Å². The second-order valence-electron chi connectivity index (χ2n) is 7.33. The summed E-state index contributed by atoms with van der Waals surface area (Å²) in [5.41, 5.74) is 0.891. The fourth-order valence-electron chi connectivity index (χ4n) is 3.20. The molecule has 0 atom stereocenters. The number of amides is 1. The van der Waals surface area contributed by atoms with Gasteiger partial charge in [-0.3, -0.25) is 14.6 Å². The van der Waals surface area contributed by atoms with Crippen molar-refractivity contribution < 1.29 is 14.3 Å². The molecule has 0 bridgehead atoms. The van der Waals surface area contributed by atoms with Crippen molar-refractivity contribution in [1.29, 1.82) is 0 Å². The zero-order valence-corrected chi connectivity index (χ0v) is 16.9. The standard InChI is InChI=1S/C21H38N2O3/c1-3-4-5-6-7-8-9-10-11-13-21(25)26-17-16-23-15-12-14-22-19(2)18-20(23)24/h3-18H2,1-2H3. The highest BCUT2D eigenvalue weighted by Gasteiger charge is 2.16. The van der Waals surface area contributed by atoms with Crippen molar-refractivity contribution >= 4 is 17.6 Å². The van der Waals surface area contributed by atoms with E-state index in [9.17, 15) is 9.59 Å². The molecule has 0 N–H and O–H groups in total. The summed E-state index contributed by atoms with van der Waals surface area (Å²) >= 11 is 0. The van der Waals surface area contributed by atoms with Crippen molar-refractivity contribution in [2.45, 2.75) is 90.9 Å². The molecule has 1 aliphatic rings. The molecule has 26 heavy (non-hydrogen) atoms. The van der Waals surface area contributed by atoms with Crippen LogP contribution in [0.15, 0.2) is 4.99 Å². The van der Waals surface area contributed by atoms with Crippen LogP contribution in [0.5, 0.6) is 0 Å². The van der Waals surface area contributed by atoms with Gasteiger partial charge in [0.2, 0.25) is 5.91 Å². The van der Waals surface area contributed by atoms with Gasteiger partial charge in [-0.2, -0.15) is 0 Å². The van der Waals surface area contributed by atoms with E-state index in [0.29, 0.717) is 32.5 Å². The van der Waals surface area contributed by atoms with Crippen molar-refractivity contribution in [3.05, 3.63) is 0 Å². The summed E-state index contributed by atoms with van der Waals surface area (Å²) in [7, 11) is 0. The van der Waals surface area contributed by atoms with Crippen LogP contribution in [0, 0.1) is 0 Å². The minimum Gasteiger partial charge on any atom is -0.464 e. The molecule has 150 valence electrons. The number of unbranched alkanes of at least 4 members (excludes halogenated alkanes) is 8. The monoisotopic (exact) mass is 366 g/mol. The summed E-state index contributed by atoms with van der Waals surface area (Å²) in [5, 5.41) is 0. The number of ether oxygens (including phenoxy) is 1. The summed E-state index contributed by atoms with van der Waals surface area (Å²) in [6, 6.07) is 0. The van der Waals surface area contributed by atoms with E-state index in [1.165, 1.54) is 44.9 Å². The zero-order chi connectivity index (χ0) is 19.0. The fraction of sp³-hybridized carbons (Fsp3) is 0.857. The predicted octanol–water partition coefficient (Wildman–Crippen LogP) is 4.53. The Morgan fingerprint density at radius 2 is 1.73 bits per heavy atom. The number of carbonyl (C=O) groups excluding carboxylic acids is 2. The number of hydrogen-bond acceptors (Lipinski definition) is 4. The third-order valence-corrected chi connectivity index (χ3v) is 4.84. The third-order valence-electron chi connectivity index (χ3n) is 4.84. The zero-order valence-electron chi connectivity index (χ0n) is 16.9. The maximum Gasteiger partial charge on any atom is 0.305 e. The number of carbonyl (C=O) groups is 2. The highest BCUT2D eigenvalue weighted by atomic mass is 16.5. The number of hydrogen-bond donors (Lipinski definition) is 0. The Morgan fingerprint density at radius 3 is 2.42 bits per heavy atom. The molecule has 1 rings (SSSR count). The van der Waals surface area contributed by atoms with Gasteiger partial charge in [0.15, 0.2) is 0 Å². The molecule has 1 heterocycles. The van der Waals surface area contributed by atoms with Crippen LogP contribution in [0.4, 0.5) is 0 Å². The van der Waals surface area contributed by atoms with E-state index in [1.807, 2.05) is 6.92 Å². The van der Waals surface area contributed by atoms with Crippen LogP contribution in [-0.2, 0) is 14.3 Å². The lowest BCUT2D eigenvalue weighted by Gasteiger charge is -2.24. The quantitative estimate of drug-likeness (QED) is 0.355. The lowest BCUT2D eigenvalue weighted by molar-refractivity contribution is -0.145. The van der Waals surface area contributed by atoms with Gasteiger partial charge in [0.1, 0.15) is 6.61 Å². The lowest BCUT2D eigenvalue weighted by atomic mass is 10.1. The predicted molar refractivity (Wildman–Crippen MR) is 107 cm³/mol. The smallest absolute Gasteiger partial charge is 0.305 e. The van der Waals surface area contributed by atoms with Crippen LogP contribution in [-0.4, -0.2) is 48.7 Å². The maximum atomic E-state index is 12.1. The normalized spacial score (nSPS) is 15.4. The lowest BCUT2D eigenvalue weighted by Crippen LogP contribution is -2.37. The minimum atomic E-state index is -0.134. The van der Waals surface area contributed by atoms with Crippen molar-refractivity contribution in [2.24, 2.45) is 4.99 Å². The first-order valence-electron chi connectivity index (χ1n) is 10.6. The van der Waals surface area contributed by atoms with E-state index >= 15 is 0 Å². The summed E-state index contributed by atoms with van der Waals surface area (Å²) < 4.78 is 5.30. The molecule has 0 fully saturated rings. The maximum absolute atomic E-state index is 12.1. The van der Waals surface area contributed by atoms with Crippen molar-refractivity contribution in [1.82, 2.24) is 4.90 Å². The van der Waals surface area contributed by atoms with E-state index in [0.717, 1.165) is 31.5 Å². The second-order valence-corrected chi connectivity index (χ2v) is 7.33. The van der Waals surface area contributed by atoms with Gasteiger partial charge in [-0.05, 0) is 19.8 Å². The van der Waals surface area contributed by atoms with Crippen LogP contribution in [0.25, 0.3) is 0 Å². The molecule has 0 aromatic heterocycles. The highest BCUT2D eigenvalue weighted by Crippen LogP contribution is 2.11. The van der Waals surface area contributed by atoms with Gasteiger partial charge >= 0.3 is 5.97 Å². The molecule has 0 unspecified atom stereocenters. The first-order chi connectivity index (χ1) is 12.6. The summed E-state index contributed by atoms with van der Waals surface area (Å²) in [6.45, 7) is 6.40. The van der Waals surface area contributed by atoms with Gasteiger partial charge in [-0.15, -0.1) is 0 Å². The Balaban J connectivity index is 2.01. The largest absolute Gasteiger partial charge is 0.464 e. The Kier molecular flexibility index (Phi) is 12.8. The average molecular weight is 367 g/mol. The van der Waals surface area contributed by atoms with E-state index < -0.39 is 0 Å². The molecule has 5 heteroatoms. The van der Waals surface area contributed by atoms with E-state index in [2.05, 4.69) is 11.9 Å². The molecule has 0 saturated carbocycles. The van der Waals surface area contributed by atoms with Gasteiger partial charge in [-0.25, -0.2) is 0 Å². The van der Waals surface area contributed by atoms with Gasteiger partial charge in [-0.1, -0.05) is 58.3 Å². The second kappa shape index (κ2) is 14.7. The molecule has 0 aromatic carbocycles. The van der Waals surface area contributed by atoms with Crippen LogP contribution < -0.4 is 0 Å². The fourth-order valence-corrected chi connectivity index (χ4v) is 3.20. The molecule has 5 nitrogen and oxygen atoms in total. The summed E-state index contributed by atoms with van der Waals surface area (Å²) in [5.74, 6) is -0.0499.